The molecule has 3 nitrogen and oxygen atoms in total. The molecule has 1 saturated carbocycles. The van der Waals surface area contributed by atoms with Crippen LogP contribution >= 0.6 is 15.9 Å². The van der Waals surface area contributed by atoms with Crippen LogP contribution in [0.1, 0.15) is 39.7 Å². The molecule has 1 fully saturated rings. The molecule has 0 spiro atoms. The summed E-state index contributed by atoms with van der Waals surface area (Å²) >= 11 is 3.44. The lowest BCUT2D eigenvalue weighted by molar-refractivity contribution is 0.0202. The fraction of sp³-hybridized carbons (Fsp3) is 0.562. The Labute approximate surface area is 130 Å². The number of nitrogens with zero attached hydrogens (tertiary/aromatic N) is 1. The van der Waals surface area contributed by atoms with Gasteiger partial charge in [-0.1, -0.05) is 56.8 Å². The third-order valence-corrected chi connectivity index (χ3v) is 4.10. The fourth-order valence-electron chi connectivity index (χ4n) is 2.43. The van der Waals surface area contributed by atoms with Crippen molar-refractivity contribution in [2.75, 3.05) is 0 Å². The van der Waals surface area contributed by atoms with Gasteiger partial charge in [0.05, 0.1) is 18.6 Å². The van der Waals surface area contributed by atoms with Gasteiger partial charge in [-0.05, 0) is 27.9 Å². The van der Waals surface area contributed by atoms with Crippen LogP contribution in [-0.2, 0) is 16.2 Å². The minimum atomic E-state index is 0. The van der Waals surface area contributed by atoms with Gasteiger partial charge in [-0.15, -0.1) is 0 Å². The van der Waals surface area contributed by atoms with Crippen molar-refractivity contribution in [3.63, 3.8) is 0 Å². The van der Waals surface area contributed by atoms with E-state index in [2.05, 4.69) is 33.2 Å². The van der Waals surface area contributed by atoms with E-state index < -0.39 is 0 Å². The number of ether oxygens (including phenoxy) is 1. The van der Waals surface area contributed by atoms with Crippen molar-refractivity contribution >= 4 is 20.6 Å². The third kappa shape index (κ3) is 4.06. The monoisotopic (exact) mass is 341 g/mol. The van der Waals surface area contributed by atoms with Crippen molar-refractivity contribution in [3.8, 4) is 0 Å². The van der Waals surface area contributed by atoms with Gasteiger partial charge in [0.2, 0.25) is 0 Å². The zero-order valence-corrected chi connectivity index (χ0v) is 13.0. The average Bonchev–Trinajstić information content (AvgIpc) is 3.02. The Balaban J connectivity index is 0.000000639. The zero-order chi connectivity index (χ0) is 13.7. The minimum Gasteiger partial charge on any atom is -0.391 e. The SMILES string of the molecule is BrC1=NOC2CC(OCc3ccccc3)CC12.C.CC. The molecule has 2 aliphatic rings. The molecule has 3 rings (SSSR count). The summed E-state index contributed by atoms with van der Waals surface area (Å²) in [4.78, 5) is 5.33. The first-order chi connectivity index (χ1) is 9.33. The van der Waals surface area contributed by atoms with Crippen LogP contribution in [0.25, 0.3) is 0 Å². The molecule has 4 heteroatoms. The fourth-order valence-corrected chi connectivity index (χ4v) is 3.00. The summed E-state index contributed by atoms with van der Waals surface area (Å²) in [6.45, 7) is 4.68. The van der Waals surface area contributed by atoms with E-state index in [1.165, 1.54) is 5.56 Å². The highest BCUT2D eigenvalue weighted by atomic mass is 79.9. The van der Waals surface area contributed by atoms with Gasteiger partial charge in [0.1, 0.15) is 10.7 Å². The Hall–Kier alpha value is -0.870. The molecule has 3 atom stereocenters. The largest absolute Gasteiger partial charge is 0.391 e. The van der Waals surface area contributed by atoms with Gasteiger partial charge in [0.15, 0.2) is 0 Å². The molecule has 1 aliphatic carbocycles. The zero-order valence-electron chi connectivity index (χ0n) is 11.4. The number of benzene rings is 1. The first-order valence-corrected chi connectivity index (χ1v) is 7.67. The van der Waals surface area contributed by atoms with Gasteiger partial charge >= 0.3 is 0 Å². The molecular formula is C16H24BrNO2. The molecule has 3 unspecified atom stereocenters. The lowest BCUT2D eigenvalue weighted by atomic mass is 10.1. The Morgan fingerprint density at radius 3 is 2.60 bits per heavy atom. The van der Waals surface area contributed by atoms with Crippen molar-refractivity contribution in [1.29, 1.82) is 0 Å². The van der Waals surface area contributed by atoms with Crippen LogP contribution in [0.15, 0.2) is 35.5 Å². The molecule has 1 aliphatic heterocycles. The van der Waals surface area contributed by atoms with E-state index in [0.717, 1.165) is 17.5 Å². The molecule has 0 amide bonds. The van der Waals surface area contributed by atoms with E-state index in [4.69, 9.17) is 9.57 Å². The minimum absolute atomic E-state index is 0. The van der Waals surface area contributed by atoms with Crippen molar-refractivity contribution < 1.29 is 9.57 Å². The highest BCUT2D eigenvalue weighted by molar-refractivity contribution is 9.18. The number of fused-ring (bicyclic) bond motifs is 1. The van der Waals surface area contributed by atoms with Gasteiger partial charge in [-0.3, -0.25) is 0 Å². The average molecular weight is 342 g/mol. The maximum Gasteiger partial charge on any atom is 0.139 e. The normalized spacial score (nSPS) is 26.6. The van der Waals surface area contributed by atoms with Gasteiger partial charge in [-0.25, -0.2) is 0 Å². The summed E-state index contributed by atoms with van der Waals surface area (Å²) in [6.07, 6.45) is 2.44. The highest BCUT2D eigenvalue weighted by Crippen LogP contribution is 2.37. The van der Waals surface area contributed by atoms with Crippen LogP contribution in [0.2, 0.25) is 0 Å². The van der Waals surface area contributed by atoms with Gasteiger partial charge < -0.3 is 9.57 Å². The van der Waals surface area contributed by atoms with Crippen LogP contribution in [0.5, 0.6) is 0 Å². The summed E-state index contributed by atoms with van der Waals surface area (Å²) in [5, 5.41) is 3.95. The Kier molecular flexibility index (Phi) is 7.24. The van der Waals surface area contributed by atoms with Crippen molar-refractivity contribution in [3.05, 3.63) is 35.9 Å². The molecule has 1 heterocycles. The maximum absolute atomic E-state index is 5.92. The second kappa shape index (κ2) is 8.42. The molecule has 0 N–H and O–H groups in total. The van der Waals surface area contributed by atoms with E-state index in [1.54, 1.807) is 0 Å². The molecule has 0 saturated heterocycles. The molecule has 0 bridgehead atoms. The summed E-state index contributed by atoms with van der Waals surface area (Å²) in [6, 6.07) is 10.3. The Bertz CT molecular complexity index is 422. The first kappa shape index (κ1) is 17.2. The third-order valence-electron chi connectivity index (χ3n) is 3.37. The standard InChI is InChI=1S/C13H14BrNO2.C2H6.CH4/c14-13-11-6-10(7-12(11)17-15-13)16-8-9-4-2-1-3-5-9;1-2;/h1-5,10-12H,6-8H2;1-2H3;1H4. The van der Waals surface area contributed by atoms with Crippen LogP contribution in [-0.4, -0.2) is 16.8 Å². The summed E-state index contributed by atoms with van der Waals surface area (Å²) in [5.74, 6) is 0.399. The second-order valence-electron chi connectivity index (χ2n) is 4.55. The topological polar surface area (TPSA) is 30.8 Å². The van der Waals surface area contributed by atoms with E-state index in [0.29, 0.717) is 12.5 Å². The second-order valence-corrected chi connectivity index (χ2v) is 5.37. The van der Waals surface area contributed by atoms with Crippen molar-refractivity contribution in [2.45, 2.75) is 52.9 Å². The van der Waals surface area contributed by atoms with E-state index in [-0.39, 0.29) is 19.6 Å². The first-order valence-electron chi connectivity index (χ1n) is 6.87. The van der Waals surface area contributed by atoms with Crippen LogP contribution in [0.4, 0.5) is 0 Å². The van der Waals surface area contributed by atoms with Crippen LogP contribution in [0, 0.1) is 5.92 Å². The Morgan fingerprint density at radius 1 is 1.25 bits per heavy atom. The van der Waals surface area contributed by atoms with Crippen LogP contribution in [0.3, 0.4) is 0 Å². The number of oxime groups is 1. The summed E-state index contributed by atoms with van der Waals surface area (Å²) in [5.41, 5.74) is 1.22. The van der Waals surface area contributed by atoms with E-state index in [9.17, 15) is 0 Å². The summed E-state index contributed by atoms with van der Waals surface area (Å²) < 4.78 is 6.86. The van der Waals surface area contributed by atoms with Gasteiger partial charge in [0.25, 0.3) is 0 Å². The lowest BCUT2D eigenvalue weighted by Crippen LogP contribution is -2.12. The number of rotatable bonds is 3. The number of halogens is 1. The predicted octanol–water partition coefficient (Wildman–Crippen LogP) is 4.75. The lowest BCUT2D eigenvalue weighted by Gasteiger charge is -2.11. The number of hydrogen-bond donors (Lipinski definition) is 0. The smallest absolute Gasteiger partial charge is 0.139 e. The Morgan fingerprint density at radius 2 is 1.95 bits per heavy atom. The van der Waals surface area contributed by atoms with Crippen LogP contribution < -0.4 is 0 Å². The quantitative estimate of drug-likeness (QED) is 0.794. The van der Waals surface area contributed by atoms with Gasteiger partial charge in [-0.2, -0.15) is 0 Å². The molecule has 20 heavy (non-hydrogen) atoms. The van der Waals surface area contributed by atoms with Crippen molar-refractivity contribution in [1.82, 2.24) is 0 Å². The van der Waals surface area contributed by atoms with Gasteiger partial charge in [0, 0.05) is 6.42 Å². The molecule has 0 radical (unpaired) electrons. The molecule has 0 aromatic heterocycles. The molecule has 112 valence electrons. The molecule has 1 aromatic carbocycles. The van der Waals surface area contributed by atoms with E-state index in [1.807, 2.05) is 32.0 Å². The number of hydrogen-bond acceptors (Lipinski definition) is 3. The van der Waals surface area contributed by atoms with Crippen molar-refractivity contribution in [2.24, 2.45) is 11.1 Å². The van der Waals surface area contributed by atoms with E-state index >= 15 is 0 Å². The molecular weight excluding hydrogens is 318 g/mol. The molecule has 1 aromatic rings. The maximum atomic E-state index is 5.92. The summed E-state index contributed by atoms with van der Waals surface area (Å²) in [7, 11) is 0. The predicted molar refractivity (Wildman–Crippen MR) is 87.1 cm³/mol. The highest BCUT2D eigenvalue weighted by Gasteiger charge is 2.42.